The van der Waals surface area contributed by atoms with E-state index in [1.165, 1.54) is 60.8 Å². The molecule has 1 aliphatic carbocycles. The third-order valence-electron chi connectivity index (χ3n) is 9.79. The number of aromatic nitrogens is 2. The lowest BCUT2D eigenvalue weighted by molar-refractivity contribution is 0.663. The van der Waals surface area contributed by atoms with Crippen molar-refractivity contribution in [1.29, 1.82) is 0 Å². The van der Waals surface area contributed by atoms with Crippen LogP contribution in [0.3, 0.4) is 0 Å². The number of benzene rings is 6. The molecule has 0 aliphatic heterocycles. The number of para-hydroxylation sites is 1. The van der Waals surface area contributed by atoms with Gasteiger partial charge in [0.05, 0.1) is 16.7 Å². The van der Waals surface area contributed by atoms with Crippen LogP contribution in [0.5, 0.6) is 0 Å². The van der Waals surface area contributed by atoms with Crippen molar-refractivity contribution in [3.63, 3.8) is 0 Å². The Morgan fingerprint density at radius 1 is 0.478 bits per heavy atom. The molecule has 0 radical (unpaired) electrons. The van der Waals surface area contributed by atoms with Gasteiger partial charge in [0, 0.05) is 21.8 Å². The Bertz CT molecular complexity index is 2410. The second-order valence-corrected chi connectivity index (χ2v) is 12.8. The van der Waals surface area contributed by atoms with Crippen LogP contribution in [0, 0.1) is 0 Å². The van der Waals surface area contributed by atoms with Crippen molar-refractivity contribution in [3.8, 4) is 50.5 Å². The maximum absolute atomic E-state index is 5.46. The highest BCUT2D eigenvalue weighted by Crippen LogP contribution is 2.53. The number of rotatable bonds is 4. The molecule has 0 saturated heterocycles. The highest BCUT2D eigenvalue weighted by Gasteiger charge is 2.38. The number of hydrogen-bond acceptors (Lipinski definition) is 1. The van der Waals surface area contributed by atoms with Gasteiger partial charge in [-0.15, -0.1) is 0 Å². The maximum atomic E-state index is 5.46. The molecule has 0 saturated carbocycles. The van der Waals surface area contributed by atoms with Crippen molar-refractivity contribution in [2.24, 2.45) is 0 Å². The lowest BCUT2D eigenvalue weighted by Gasteiger charge is -2.23. The zero-order valence-electron chi connectivity index (χ0n) is 25.9. The van der Waals surface area contributed by atoms with Gasteiger partial charge in [-0.25, -0.2) is 4.98 Å². The van der Waals surface area contributed by atoms with Crippen LogP contribution >= 0.6 is 0 Å². The van der Waals surface area contributed by atoms with Crippen molar-refractivity contribution in [2.45, 2.75) is 19.3 Å². The van der Waals surface area contributed by atoms with E-state index in [4.69, 9.17) is 4.98 Å². The van der Waals surface area contributed by atoms with E-state index in [0.29, 0.717) is 0 Å². The summed E-state index contributed by atoms with van der Waals surface area (Å²) in [6, 6.07) is 56.8. The molecule has 218 valence electrons. The van der Waals surface area contributed by atoms with E-state index in [2.05, 4.69) is 176 Å². The normalized spacial score (nSPS) is 13.2. The molecular formula is C44H32N2. The first-order chi connectivity index (χ1) is 22.6. The van der Waals surface area contributed by atoms with Gasteiger partial charge in [-0.3, -0.25) is 4.57 Å². The van der Waals surface area contributed by atoms with Crippen LogP contribution in [0.4, 0.5) is 0 Å². The minimum atomic E-state index is -0.162. The molecule has 0 atom stereocenters. The van der Waals surface area contributed by atoms with Gasteiger partial charge in [0.25, 0.3) is 0 Å². The number of hydrogen-bond donors (Lipinski definition) is 0. The number of pyridine rings is 1. The summed E-state index contributed by atoms with van der Waals surface area (Å²) in [6.07, 6.45) is 0. The van der Waals surface area contributed by atoms with E-state index in [9.17, 15) is 0 Å². The minimum absolute atomic E-state index is 0.162. The van der Waals surface area contributed by atoms with Gasteiger partial charge in [-0.2, -0.15) is 0 Å². The number of fused-ring (bicyclic) bond motifs is 7. The van der Waals surface area contributed by atoms with Gasteiger partial charge >= 0.3 is 0 Å². The van der Waals surface area contributed by atoms with Crippen molar-refractivity contribution < 1.29 is 0 Å². The molecule has 2 heterocycles. The van der Waals surface area contributed by atoms with Crippen molar-refractivity contribution >= 4 is 21.8 Å². The zero-order chi connectivity index (χ0) is 30.8. The lowest BCUT2D eigenvalue weighted by atomic mass is 9.81. The van der Waals surface area contributed by atoms with Gasteiger partial charge in [0.15, 0.2) is 0 Å². The van der Waals surface area contributed by atoms with Gasteiger partial charge in [-0.1, -0.05) is 153 Å². The predicted molar refractivity (Wildman–Crippen MR) is 192 cm³/mol. The lowest BCUT2D eigenvalue weighted by Crippen LogP contribution is -2.16. The molecule has 2 aromatic heterocycles. The summed E-state index contributed by atoms with van der Waals surface area (Å²) >= 11 is 0. The summed E-state index contributed by atoms with van der Waals surface area (Å²) in [5.74, 6) is 0.926. The van der Waals surface area contributed by atoms with Crippen LogP contribution in [0.25, 0.3) is 72.3 Å². The molecule has 2 nitrogen and oxygen atoms in total. The Balaban J connectivity index is 1.33. The van der Waals surface area contributed by atoms with Crippen LogP contribution < -0.4 is 0 Å². The van der Waals surface area contributed by atoms with Gasteiger partial charge < -0.3 is 0 Å². The SMILES string of the molecule is CC1(C)c2ccccc2-c2ccc3c4ccccc4n(-c4cc(-c5ccccc5)cc(-c5ccc(-c6ccccc6)cc5)n4)c3c21. The van der Waals surface area contributed by atoms with Crippen LogP contribution in [0.15, 0.2) is 158 Å². The molecule has 2 heteroatoms. The quantitative estimate of drug-likeness (QED) is 0.200. The fourth-order valence-electron chi connectivity index (χ4n) is 7.59. The third-order valence-corrected chi connectivity index (χ3v) is 9.79. The number of nitrogens with zero attached hydrogens (tertiary/aromatic N) is 2. The zero-order valence-corrected chi connectivity index (χ0v) is 25.9. The Morgan fingerprint density at radius 2 is 1.09 bits per heavy atom. The summed E-state index contributed by atoms with van der Waals surface area (Å²) in [5.41, 5.74) is 14.4. The minimum Gasteiger partial charge on any atom is -0.293 e. The fraction of sp³-hybridized carbons (Fsp3) is 0.0682. The summed E-state index contributed by atoms with van der Waals surface area (Å²) in [5, 5.41) is 2.50. The highest BCUT2D eigenvalue weighted by atomic mass is 15.1. The Morgan fingerprint density at radius 3 is 1.85 bits per heavy atom. The summed E-state index contributed by atoms with van der Waals surface area (Å²) < 4.78 is 2.42. The Kier molecular flexibility index (Phi) is 5.88. The monoisotopic (exact) mass is 588 g/mol. The molecule has 0 bridgehead atoms. The standard InChI is InChI=1S/C44H32N2/c1-44(2)38-19-11-9-17-34(38)36-25-26-37-35-18-10-12-20-40(35)46(43(37)42(36)44)41-28-33(30-15-7-4-8-16-30)27-39(45-41)32-23-21-31(22-24-32)29-13-5-3-6-14-29/h3-28H,1-2H3. The largest absolute Gasteiger partial charge is 0.293 e. The maximum Gasteiger partial charge on any atom is 0.138 e. The highest BCUT2D eigenvalue weighted by molar-refractivity contribution is 6.13. The first-order valence-electron chi connectivity index (χ1n) is 16.0. The molecule has 6 aromatic carbocycles. The molecule has 0 unspecified atom stereocenters. The predicted octanol–water partition coefficient (Wildman–Crippen LogP) is 11.5. The molecule has 0 amide bonds. The van der Waals surface area contributed by atoms with Gasteiger partial charge in [0.1, 0.15) is 5.82 Å². The van der Waals surface area contributed by atoms with Crippen LogP contribution in [-0.4, -0.2) is 9.55 Å². The average Bonchev–Trinajstić information content (AvgIpc) is 3.57. The van der Waals surface area contributed by atoms with Crippen LogP contribution in [0.2, 0.25) is 0 Å². The first kappa shape index (κ1) is 26.7. The summed E-state index contributed by atoms with van der Waals surface area (Å²) in [6.45, 7) is 4.74. The van der Waals surface area contributed by atoms with E-state index in [0.717, 1.165) is 22.6 Å². The molecule has 1 aliphatic rings. The van der Waals surface area contributed by atoms with E-state index in [1.807, 2.05) is 0 Å². The molecule has 0 N–H and O–H groups in total. The van der Waals surface area contributed by atoms with Crippen LogP contribution in [-0.2, 0) is 5.41 Å². The van der Waals surface area contributed by atoms with E-state index in [-0.39, 0.29) is 5.41 Å². The van der Waals surface area contributed by atoms with E-state index < -0.39 is 0 Å². The molecule has 9 rings (SSSR count). The second kappa shape index (κ2) is 10.2. The fourth-order valence-corrected chi connectivity index (χ4v) is 7.59. The molecule has 8 aromatic rings. The molecule has 46 heavy (non-hydrogen) atoms. The van der Waals surface area contributed by atoms with E-state index >= 15 is 0 Å². The van der Waals surface area contributed by atoms with Crippen molar-refractivity contribution in [2.75, 3.05) is 0 Å². The first-order valence-corrected chi connectivity index (χ1v) is 16.0. The van der Waals surface area contributed by atoms with Gasteiger partial charge in [0.2, 0.25) is 0 Å². The third kappa shape index (κ3) is 4.00. The van der Waals surface area contributed by atoms with E-state index in [1.54, 1.807) is 0 Å². The second-order valence-electron chi connectivity index (χ2n) is 12.8. The smallest absolute Gasteiger partial charge is 0.138 e. The summed E-state index contributed by atoms with van der Waals surface area (Å²) in [7, 11) is 0. The molecule has 0 fully saturated rings. The van der Waals surface area contributed by atoms with Gasteiger partial charge in [-0.05, 0) is 62.7 Å². The molecular weight excluding hydrogens is 556 g/mol. The average molecular weight is 589 g/mol. The van der Waals surface area contributed by atoms with Crippen molar-refractivity contribution in [1.82, 2.24) is 9.55 Å². The molecule has 0 spiro atoms. The van der Waals surface area contributed by atoms with Crippen molar-refractivity contribution in [3.05, 3.63) is 169 Å². The summed E-state index contributed by atoms with van der Waals surface area (Å²) in [4.78, 5) is 5.46. The Labute approximate surface area is 269 Å². The van der Waals surface area contributed by atoms with Crippen LogP contribution in [0.1, 0.15) is 25.0 Å². The topological polar surface area (TPSA) is 17.8 Å². The Hall–Kier alpha value is -5.73.